The van der Waals surface area contributed by atoms with E-state index in [1.165, 1.54) is 0 Å². The second-order valence-electron chi connectivity index (χ2n) is 5.14. The largest absolute Gasteiger partial charge is 0.480 e. The van der Waals surface area contributed by atoms with Gasteiger partial charge in [-0.05, 0) is 12.0 Å². The normalized spacial score (nSPS) is 18.6. The molecule has 1 heterocycles. The predicted molar refractivity (Wildman–Crippen MR) is 76.7 cm³/mol. The number of nitrogens with zero attached hydrogens (tertiary/aromatic N) is 1. The predicted octanol–water partition coefficient (Wildman–Crippen LogP) is 0.478. The lowest BCUT2D eigenvalue weighted by Crippen LogP contribution is -2.37. The van der Waals surface area contributed by atoms with Gasteiger partial charge in [-0.3, -0.25) is 14.5 Å². The monoisotopic (exact) mass is 292 g/mol. The van der Waals surface area contributed by atoms with E-state index >= 15 is 0 Å². The summed E-state index contributed by atoms with van der Waals surface area (Å²) in [6.45, 7) is 1.87. The molecule has 2 N–H and O–H groups in total. The topological polar surface area (TPSA) is 78.9 Å². The van der Waals surface area contributed by atoms with Crippen LogP contribution in [0.3, 0.4) is 0 Å². The third kappa shape index (κ3) is 5.53. The minimum absolute atomic E-state index is 0.0522. The standard InChI is InChI=1S/C15H20N2O4/c18-14(19)10-17-7-6-13(9-17)16-8-15(20)21-11-12-4-2-1-3-5-12/h1-5,13,16H,6-11H2,(H,18,19)/t13-/m1/s1. The zero-order valence-corrected chi connectivity index (χ0v) is 11.8. The van der Waals surface area contributed by atoms with Crippen LogP contribution in [0.4, 0.5) is 0 Å². The van der Waals surface area contributed by atoms with Gasteiger partial charge in [0.2, 0.25) is 0 Å². The SMILES string of the molecule is O=C(O)CN1CC[C@@H](NCC(=O)OCc2ccccc2)C1. The minimum atomic E-state index is -0.821. The van der Waals surface area contributed by atoms with Gasteiger partial charge in [0.05, 0.1) is 13.1 Å². The summed E-state index contributed by atoms with van der Waals surface area (Å²) in [5.74, 6) is -1.12. The molecule has 1 aromatic rings. The van der Waals surface area contributed by atoms with Crippen molar-refractivity contribution in [1.29, 1.82) is 0 Å². The van der Waals surface area contributed by atoms with Crippen molar-refractivity contribution in [3.05, 3.63) is 35.9 Å². The number of hydrogen-bond donors (Lipinski definition) is 2. The zero-order chi connectivity index (χ0) is 15.1. The molecule has 0 aliphatic carbocycles. The number of likely N-dealkylation sites (tertiary alicyclic amines) is 1. The first-order chi connectivity index (χ1) is 10.1. The molecule has 0 aromatic heterocycles. The fraction of sp³-hybridized carbons (Fsp3) is 0.467. The van der Waals surface area contributed by atoms with Crippen LogP contribution in [0, 0.1) is 0 Å². The van der Waals surface area contributed by atoms with E-state index in [9.17, 15) is 9.59 Å². The van der Waals surface area contributed by atoms with Gasteiger partial charge in [-0.15, -0.1) is 0 Å². The van der Waals surface area contributed by atoms with Gasteiger partial charge in [0, 0.05) is 19.1 Å². The molecule has 0 spiro atoms. The van der Waals surface area contributed by atoms with Gasteiger partial charge in [-0.1, -0.05) is 30.3 Å². The number of carbonyl (C=O) groups is 2. The van der Waals surface area contributed by atoms with E-state index in [-0.39, 0.29) is 31.7 Å². The summed E-state index contributed by atoms with van der Waals surface area (Å²) in [5.41, 5.74) is 0.958. The smallest absolute Gasteiger partial charge is 0.320 e. The first-order valence-corrected chi connectivity index (χ1v) is 7.00. The van der Waals surface area contributed by atoms with Gasteiger partial charge >= 0.3 is 11.9 Å². The van der Waals surface area contributed by atoms with Crippen molar-refractivity contribution in [3.63, 3.8) is 0 Å². The van der Waals surface area contributed by atoms with Gasteiger partial charge < -0.3 is 15.2 Å². The van der Waals surface area contributed by atoms with Crippen LogP contribution in [-0.2, 0) is 20.9 Å². The minimum Gasteiger partial charge on any atom is -0.480 e. The number of carbonyl (C=O) groups excluding carboxylic acids is 1. The number of rotatable bonds is 7. The maximum absolute atomic E-state index is 11.6. The van der Waals surface area contributed by atoms with Gasteiger partial charge in [-0.25, -0.2) is 0 Å². The van der Waals surface area contributed by atoms with Crippen molar-refractivity contribution in [2.45, 2.75) is 19.1 Å². The summed E-state index contributed by atoms with van der Waals surface area (Å²) in [5, 5.41) is 11.8. The van der Waals surface area contributed by atoms with E-state index in [1.807, 2.05) is 35.2 Å². The van der Waals surface area contributed by atoms with Crippen LogP contribution < -0.4 is 5.32 Å². The fourth-order valence-corrected chi connectivity index (χ4v) is 2.35. The Hall–Kier alpha value is -1.92. The van der Waals surface area contributed by atoms with Crippen LogP contribution in [-0.4, -0.2) is 54.2 Å². The number of esters is 1. The lowest BCUT2D eigenvalue weighted by atomic mass is 10.2. The van der Waals surface area contributed by atoms with E-state index in [0.717, 1.165) is 18.5 Å². The van der Waals surface area contributed by atoms with Crippen molar-refractivity contribution >= 4 is 11.9 Å². The third-order valence-corrected chi connectivity index (χ3v) is 3.41. The number of nitrogens with one attached hydrogen (secondary N) is 1. The Kier molecular flexibility index (Phi) is 5.71. The van der Waals surface area contributed by atoms with Crippen LogP contribution in [0.15, 0.2) is 30.3 Å². The molecule has 1 atom stereocenters. The maximum atomic E-state index is 11.6. The molecule has 1 aliphatic rings. The highest BCUT2D eigenvalue weighted by Gasteiger charge is 2.24. The molecule has 0 unspecified atom stereocenters. The average molecular weight is 292 g/mol. The highest BCUT2D eigenvalue weighted by atomic mass is 16.5. The Balaban J connectivity index is 1.62. The van der Waals surface area contributed by atoms with Crippen molar-refractivity contribution in [2.75, 3.05) is 26.2 Å². The lowest BCUT2D eigenvalue weighted by Gasteiger charge is -2.14. The Labute approximate surface area is 123 Å². The van der Waals surface area contributed by atoms with E-state index < -0.39 is 5.97 Å². The van der Waals surface area contributed by atoms with Crippen molar-refractivity contribution in [1.82, 2.24) is 10.2 Å². The van der Waals surface area contributed by atoms with Crippen molar-refractivity contribution < 1.29 is 19.4 Å². The highest BCUT2D eigenvalue weighted by Crippen LogP contribution is 2.08. The quantitative estimate of drug-likeness (QED) is 0.712. The second kappa shape index (κ2) is 7.75. The Morgan fingerprint density at radius 1 is 1.33 bits per heavy atom. The highest BCUT2D eigenvalue weighted by molar-refractivity contribution is 5.71. The van der Waals surface area contributed by atoms with Gasteiger partial charge in [0.1, 0.15) is 6.61 Å². The van der Waals surface area contributed by atoms with Gasteiger partial charge in [-0.2, -0.15) is 0 Å². The summed E-state index contributed by atoms with van der Waals surface area (Å²) < 4.78 is 5.17. The molecular weight excluding hydrogens is 272 g/mol. The first-order valence-electron chi connectivity index (χ1n) is 7.00. The van der Waals surface area contributed by atoms with Crippen LogP contribution in [0.2, 0.25) is 0 Å². The first kappa shape index (κ1) is 15.5. The average Bonchev–Trinajstić information content (AvgIpc) is 2.91. The summed E-state index contributed by atoms with van der Waals surface area (Å²) >= 11 is 0. The van der Waals surface area contributed by atoms with Crippen LogP contribution in [0.25, 0.3) is 0 Å². The fourth-order valence-electron chi connectivity index (χ4n) is 2.35. The second-order valence-corrected chi connectivity index (χ2v) is 5.14. The Morgan fingerprint density at radius 3 is 2.81 bits per heavy atom. The molecule has 114 valence electrons. The number of aliphatic carboxylic acids is 1. The van der Waals surface area contributed by atoms with E-state index in [1.54, 1.807) is 0 Å². The maximum Gasteiger partial charge on any atom is 0.320 e. The molecule has 1 fully saturated rings. The molecule has 0 saturated carbocycles. The van der Waals surface area contributed by atoms with Gasteiger partial charge in [0.15, 0.2) is 0 Å². The van der Waals surface area contributed by atoms with E-state index in [2.05, 4.69) is 5.32 Å². The molecule has 0 amide bonds. The molecule has 21 heavy (non-hydrogen) atoms. The van der Waals surface area contributed by atoms with E-state index in [0.29, 0.717) is 6.54 Å². The number of carboxylic acids is 1. The van der Waals surface area contributed by atoms with Crippen LogP contribution in [0.1, 0.15) is 12.0 Å². The molecule has 0 radical (unpaired) electrons. The summed E-state index contributed by atoms with van der Waals surface area (Å²) in [6, 6.07) is 9.67. The van der Waals surface area contributed by atoms with Crippen molar-refractivity contribution in [3.8, 4) is 0 Å². The summed E-state index contributed by atoms with van der Waals surface area (Å²) in [7, 11) is 0. The van der Waals surface area contributed by atoms with E-state index in [4.69, 9.17) is 9.84 Å². The molecule has 6 heteroatoms. The van der Waals surface area contributed by atoms with Gasteiger partial charge in [0.25, 0.3) is 0 Å². The molecule has 0 bridgehead atoms. The molecule has 1 aromatic carbocycles. The molecule has 1 saturated heterocycles. The van der Waals surface area contributed by atoms with Crippen LogP contribution in [0.5, 0.6) is 0 Å². The molecule has 6 nitrogen and oxygen atoms in total. The zero-order valence-electron chi connectivity index (χ0n) is 11.8. The third-order valence-electron chi connectivity index (χ3n) is 3.41. The molecule has 1 aliphatic heterocycles. The number of ether oxygens (including phenoxy) is 1. The molecular formula is C15H20N2O4. The summed E-state index contributed by atoms with van der Waals surface area (Å²) in [4.78, 5) is 24.1. The lowest BCUT2D eigenvalue weighted by molar-refractivity contribution is -0.144. The van der Waals surface area contributed by atoms with Crippen LogP contribution >= 0.6 is 0 Å². The molecule has 2 rings (SSSR count). The Morgan fingerprint density at radius 2 is 2.10 bits per heavy atom. The summed E-state index contributed by atoms with van der Waals surface area (Å²) in [6.07, 6.45) is 0.846. The Bertz CT molecular complexity index is 478. The number of carboxylic acid groups (broad SMARTS) is 1. The number of hydrogen-bond acceptors (Lipinski definition) is 5. The van der Waals surface area contributed by atoms with Crippen molar-refractivity contribution in [2.24, 2.45) is 0 Å². The number of benzene rings is 1.